The molecule has 0 radical (unpaired) electrons. The van der Waals surface area contributed by atoms with Gasteiger partial charge in [0.25, 0.3) is 0 Å². The summed E-state index contributed by atoms with van der Waals surface area (Å²) in [6.45, 7) is 0.256. The second-order valence-electron chi connectivity index (χ2n) is 4.41. The molecule has 0 saturated carbocycles. The summed E-state index contributed by atoms with van der Waals surface area (Å²) >= 11 is 0. The molecule has 0 saturated heterocycles. The number of para-hydroxylation sites is 1. The van der Waals surface area contributed by atoms with Crippen LogP contribution in [-0.2, 0) is 11.2 Å². The predicted molar refractivity (Wildman–Crippen MR) is 81.1 cm³/mol. The molecule has 0 bridgehead atoms. The molecule has 0 heterocycles. The van der Waals surface area contributed by atoms with Crippen LogP contribution in [0.25, 0.3) is 0 Å². The summed E-state index contributed by atoms with van der Waals surface area (Å²) in [4.78, 5) is 12.0. The largest absolute Gasteiger partial charge is 0.325 e. The van der Waals surface area contributed by atoms with Gasteiger partial charge in [-0.25, -0.2) is 4.39 Å². The maximum Gasteiger partial charge on any atom is 0.228 e. The first-order valence-corrected chi connectivity index (χ1v) is 6.51. The number of nitrogens with one attached hydrogen (secondary N) is 1. The van der Waals surface area contributed by atoms with Crippen molar-refractivity contribution >= 4 is 11.6 Å². The molecule has 2 aromatic carbocycles. The van der Waals surface area contributed by atoms with Gasteiger partial charge >= 0.3 is 0 Å². The number of hydrogen-bond donors (Lipinski definition) is 2. The average Bonchev–Trinajstić information content (AvgIpc) is 2.46. The zero-order valence-electron chi connectivity index (χ0n) is 11.4. The summed E-state index contributed by atoms with van der Waals surface area (Å²) in [6.07, 6.45) is 0.108. The van der Waals surface area contributed by atoms with Gasteiger partial charge in [0.2, 0.25) is 5.91 Å². The van der Waals surface area contributed by atoms with Gasteiger partial charge in [-0.3, -0.25) is 4.79 Å². The van der Waals surface area contributed by atoms with Crippen molar-refractivity contribution in [3.63, 3.8) is 0 Å². The SMILES string of the molecule is NCC#Cc1ccccc1NC(=O)Cc1cccc(F)c1. The Morgan fingerprint density at radius 3 is 2.76 bits per heavy atom. The molecular weight excluding hydrogens is 267 g/mol. The average molecular weight is 282 g/mol. The molecule has 0 aliphatic rings. The fraction of sp³-hybridized carbons (Fsp3) is 0.118. The minimum Gasteiger partial charge on any atom is -0.325 e. The van der Waals surface area contributed by atoms with Crippen LogP contribution in [0.15, 0.2) is 48.5 Å². The van der Waals surface area contributed by atoms with Crippen LogP contribution in [-0.4, -0.2) is 12.5 Å². The highest BCUT2D eigenvalue weighted by atomic mass is 19.1. The Kier molecular flexibility index (Phi) is 5.08. The first-order chi connectivity index (χ1) is 10.2. The van der Waals surface area contributed by atoms with Gasteiger partial charge in [0.15, 0.2) is 0 Å². The zero-order valence-corrected chi connectivity index (χ0v) is 11.4. The molecule has 0 atom stereocenters. The van der Waals surface area contributed by atoms with E-state index in [2.05, 4.69) is 17.2 Å². The minimum atomic E-state index is -0.352. The first-order valence-electron chi connectivity index (χ1n) is 6.51. The van der Waals surface area contributed by atoms with E-state index in [0.29, 0.717) is 16.8 Å². The molecule has 2 rings (SSSR count). The van der Waals surface area contributed by atoms with Gasteiger partial charge in [-0.1, -0.05) is 36.1 Å². The smallest absolute Gasteiger partial charge is 0.228 e. The lowest BCUT2D eigenvalue weighted by Crippen LogP contribution is -2.15. The molecule has 0 unspecified atom stereocenters. The molecule has 3 nitrogen and oxygen atoms in total. The number of halogens is 1. The van der Waals surface area contributed by atoms with Gasteiger partial charge in [0, 0.05) is 5.56 Å². The van der Waals surface area contributed by atoms with Crippen molar-refractivity contribution in [2.45, 2.75) is 6.42 Å². The maximum absolute atomic E-state index is 13.1. The number of carbonyl (C=O) groups is 1. The molecular formula is C17H15FN2O. The van der Waals surface area contributed by atoms with E-state index in [1.807, 2.05) is 12.1 Å². The Morgan fingerprint density at radius 2 is 2.00 bits per heavy atom. The highest BCUT2D eigenvalue weighted by Crippen LogP contribution is 2.14. The van der Waals surface area contributed by atoms with E-state index in [9.17, 15) is 9.18 Å². The summed E-state index contributed by atoms with van der Waals surface area (Å²) in [7, 11) is 0. The van der Waals surface area contributed by atoms with E-state index < -0.39 is 0 Å². The highest BCUT2D eigenvalue weighted by molar-refractivity contribution is 5.93. The van der Waals surface area contributed by atoms with Crippen molar-refractivity contribution in [3.8, 4) is 11.8 Å². The van der Waals surface area contributed by atoms with Crippen molar-refractivity contribution in [2.75, 3.05) is 11.9 Å². The van der Waals surface area contributed by atoms with Crippen LogP contribution < -0.4 is 11.1 Å². The summed E-state index contributed by atoms with van der Waals surface area (Å²) in [5.74, 6) is 5.08. The van der Waals surface area contributed by atoms with Crippen LogP contribution in [0.1, 0.15) is 11.1 Å². The number of amides is 1. The van der Waals surface area contributed by atoms with Crippen molar-refractivity contribution in [1.29, 1.82) is 0 Å². The van der Waals surface area contributed by atoms with Gasteiger partial charge in [-0.2, -0.15) is 0 Å². The highest BCUT2D eigenvalue weighted by Gasteiger charge is 2.07. The van der Waals surface area contributed by atoms with Crippen molar-refractivity contribution < 1.29 is 9.18 Å². The summed E-state index contributed by atoms with van der Waals surface area (Å²) in [5, 5.41) is 2.78. The first kappa shape index (κ1) is 14.8. The summed E-state index contributed by atoms with van der Waals surface area (Å²) < 4.78 is 13.1. The van der Waals surface area contributed by atoms with Crippen molar-refractivity contribution in [2.24, 2.45) is 5.73 Å². The topological polar surface area (TPSA) is 55.1 Å². The number of anilines is 1. The fourth-order valence-electron chi connectivity index (χ4n) is 1.87. The fourth-order valence-corrected chi connectivity index (χ4v) is 1.87. The number of benzene rings is 2. The third-order valence-electron chi connectivity index (χ3n) is 2.78. The molecule has 1 amide bonds. The lowest BCUT2D eigenvalue weighted by atomic mass is 10.1. The van der Waals surface area contributed by atoms with Crippen LogP contribution in [0, 0.1) is 17.7 Å². The molecule has 21 heavy (non-hydrogen) atoms. The second kappa shape index (κ2) is 7.22. The Balaban J connectivity index is 2.09. The van der Waals surface area contributed by atoms with Crippen LogP contribution in [0.2, 0.25) is 0 Å². The number of carbonyl (C=O) groups excluding carboxylic acids is 1. The van der Waals surface area contributed by atoms with E-state index in [-0.39, 0.29) is 24.7 Å². The normalized spacial score (nSPS) is 9.62. The Bertz CT molecular complexity index is 701. The molecule has 4 heteroatoms. The van der Waals surface area contributed by atoms with Crippen LogP contribution in [0.5, 0.6) is 0 Å². The molecule has 0 spiro atoms. The summed E-state index contributed by atoms with van der Waals surface area (Å²) in [6, 6.07) is 13.2. The van der Waals surface area contributed by atoms with Crippen LogP contribution in [0.4, 0.5) is 10.1 Å². The Hall–Kier alpha value is -2.64. The lowest BCUT2D eigenvalue weighted by molar-refractivity contribution is -0.115. The Labute approximate surface area is 123 Å². The molecule has 0 aliphatic carbocycles. The van der Waals surface area contributed by atoms with E-state index in [0.717, 1.165) is 0 Å². The molecule has 3 N–H and O–H groups in total. The quantitative estimate of drug-likeness (QED) is 0.849. The third kappa shape index (κ3) is 4.44. The van der Waals surface area contributed by atoms with Crippen molar-refractivity contribution in [1.82, 2.24) is 0 Å². The van der Waals surface area contributed by atoms with Gasteiger partial charge in [0.1, 0.15) is 5.82 Å². The Morgan fingerprint density at radius 1 is 1.19 bits per heavy atom. The van der Waals surface area contributed by atoms with E-state index in [1.54, 1.807) is 24.3 Å². The molecule has 0 aromatic heterocycles. The van der Waals surface area contributed by atoms with Crippen LogP contribution in [0.3, 0.4) is 0 Å². The minimum absolute atomic E-state index is 0.108. The van der Waals surface area contributed by atoms with E-state index in [1.165, 1.54) is 12.1 Å². The van der Waals surface area contributed by atoms with Gasteiger partial charge in [-0.15, -0.1) is 0 Å². The number of rotatable bonds is 3. The van der Waals surface area contributed by atoms with Gasteiger partial charge < -0.3 is 11.1 Å². The molecule has 0 aliphatic heterocycles. The zero-order chi connectivity index (χ0) is 15.1. The predicted octanol–water partition coefficient (Wildman–Crippen LogP) is 2.32. The summed E-state index contributed by atoms with van der Waals surface area (Å²) in [5.41, 5.74) is 7.30. The molecule has 0 fully saturated rings. The lowest BCUT2D eigenvalue weighted by Gasteiger charge is -2.07. The maximum atomic E-state index is 13.1. The van der Waals surface area contributed by atoms with Gasteiger partial charge in [-0.05, 0) is 29.8 Å². The third-order valence-corrected chi connectivity index (χ3v) is 2.78. The van der Waals surface area contributed by atoms with Crippen molar-refractivity contribution in [3.05, 3.63) is 65.5 Å². The van der Waals surface area contributed by atoms with E-state index >= 15 is 0 Å². The molecule has 106 valence electrons. The number of nitrogens with two attached hydrogens (primary N) is 1. The monoisotopic (exact) mass is 282 g/mol. The standard InChI is InChI=1S/C17H15FN2O/c18-15-8-3-5-13(11-15)12-17(21)20-16-9-2-1-6-14(16)7-4-10-19/h1-3,5-6,8-9,11H,10,12,19H2,(H,20,21). The second-order valence-corrected chi connectivity index (χ2v) is 4.41. The number of hydrogen-bond acceptors (Lipinski definition) is 2. The van der Waals surface area contributed by atoms with E-state index in [4.69, 9.17) is 5.73 Å². The van der Waals surface area contributed by atoms with Crippen LogP contribution >= 0.6 is 0 Å². The molecule has 2 aromatic rings. The van der Waals surface area contributed by atoms with Gasteiger partial charge in [0.05, 0.1) is 18.7 Å².